The van der Waals surface area contributed by atoms with Crippen LogP contribution in [0, 0.1) is 20.8 Å². The van der Waals surface area contributed by atoms with E-state index in [2.05, 4.69) is 10.3 Å². The standard InChI is InChI=1S/C25H23ClN4O4/c1-14-12-15(2)27-23-22(14)24(32)29(13-21(31)28-18-9-7-8-17(26)16(18)3)25(33)30(23)19-10-5-6-11-20(19)34-4/h5-12H,13H2,1-4H3,(H,28,31). The van der Waals surface area contributed by atoms with Gasteiger partial charge in [-0.1, -0.05) is 29.8 Å². The molecule has 0 radical (unpaired) electrons. The van der Waals surface area contributed by atoms with Crippen LogP contribution >= 0.6 is 11.6 Å². The number of fused-ring (bicyclic) bond motifs is 1. The van der Waals surface area contributed by atoms with Gasteiger partial charge in [-0.15, -0.1) is 0 Å². The zero-order valence-corrected chi connectivity index (χ0v) is 19.9. The fraction of sp³-hybridized carbons (Fsp3) is 0.200. The first-order chi connectivity index (χ1) is 16.2. The number of nitrogens with one attached hydrogen (secondary N) is 1. The van der Waals surface area contributed by atoms with Crippen molar-refractivity contribution >= 4 is 34.2 Å². The number of para-hydroxylation sites is 2. The molecule has 34 heavy (non-hydrogen) atoms. The van der Waals surface area contributed by atoms with Gasteiger partial charge in [0.1, 0.15) is 12.3 Å². The molecule has 2 aromatic carbocycles. The van der Waals surface area contributed by atoms with E-state index < -0.39 is 23.7 Å². The molecule has 0 fully saturated rings. The van der Waals surface area contributed by atoms with E-state index in [1.54, 1.807) is 69.3 Å². The van der Waals surface area contributed by atoms with E-state index in [1.807, 2.05) is 0 Å². The second-order valence-corrected chi connectivity index (χ2v) is 8.33. The zero-order valence-electron chi connectivity index (χ0n) is 19.2. The van der Waals surface area contributed by atoms with Gasteiger partial charge in [-0.05, 0) is 62.2 Å². The van der Waals surface area contributed by atoms with Crippen molar-refractivity contribution < 1.29 is 9.53 Å². The molecule has 0 aliphatic rings. The Kier molecular flexibility index (Phi) is 6.26. The van der Waals surface area contributed by atoms with Crippen molar-refractivity contribution in [3.8, 4) is 11.4 Å². The van der Waals surface area contributed by atoms with Crippen LogP contribution in [-0.2, 0) is 11.3 Å². The SMILES string of the molecule is COc1ccccc1-n1c(=O)n(CC(=O)Nc2cccc(Cl)c2C)c(=O)c2c(C)cc(C)nc21. The highest BCUT2D eigenvalue weighted by molar-refractivity contribution is 6.31. The molecule has 0 unspecified atom stereocenters. The molecule has 0 aliphatic carbocycles. The third-order valence-electron chi connectivity index (χ3n) is 5.59. The third kappa shape index (κ3) is 4.08. The number of hydrogen-bond donors (Lipinski definition) is 1. The van der Waals surface area contributed by atoms with Gasteiger partial charge in [-0.3, -0.25) is 9.59 Å². The maximum Gasteiger partial charge on any atom is 0.337 e. The van der Waals surface area contributed by atoms with Gasteiger partial charge >= 0.3 is 5.69 Å². The van der Waals surface area contributed by atoms with Crippen LogP contribution in [0.3, 0.4) is 0 Å². The number of nitrogens with zero attached hydrogens (tertiary/aromatic N) is 3. The van der Waals surface area contributed by atoms with E-state index in [1.165, 1.54) is 11.7 Å². The van der Waals surface area contributed by atoms with Crippen molar-refractivity contribution in [1.82, 2.24) is 14.1 Å². The van der Waals surface area contributed by atoms with Gasteiger partial charge in [-0.25, -0.2) is 18.9 Å². The first kappa shape index (κ1) is 23.3. The topological polar surface area (TPSA) is 95.2 Å². The smallest absolute Gasteiger partial charge is 0.337 e. The van der Waals surface area contributed by atoms with Gasteiger partial charge in [0.05, 0.1) is 18.2 Å². The Morgan fingerprint density at radius 2 is 1.82 bits per heavy atom. The van der Waals surface area contributed by atoms with Gasteiger partial charge in [0.2, 0.25) is 5.91 Å². The Labute approximate surface area is 200 Å². The molecule has 2 heterocycles. The Hall–Kier alpha value is -3.91. The number of methoxy groups -OCH3 is 1. The van der Waals surface area contributed by atoms with Crippen LogP contribution in [0.5, 0.6) is 5.75 Å². The first-order valence-corrected chi connectivity index (χ1v) is 10.9. The molecule has 4 rings (SSSR count). The minimum absolute atomic E-state index is 0.208. The number of ether oxygens (including phenoxy) is 1. The minimum atomic E-state index is -0.697. The number of halogens is 1. The molecule has 174 valence electrons. The number of carbonyl (C=O) groups excluding carboxylic acids is 1. The van der Waals surface area contributed by atoms with Crippen LogP contribution in [0.2, 0.25) is 5.02 Å². The monoisotopic (exact) mass is 478 g/mol. The lowest BCUT2D eigenvalue weighted by molar-refractivity contribution is -0.116. The van der Waals surface area contributed by atoms with Crippen molar-refractivity contribution in [1.29, 1.82) is 0 Å². The number of hydrogen-bond acceptors (Lipinski definition) is 5. The summed E-state index contributed by atoms with van der Waals surface area (Å²) >= 11 is 6.14. The summed E-state index contributed by atoms with van der Waals surface area (Å²) in [6.07, 6.45) is 0. The Morgan fingerprint density at radius 1 is 1.09 bits per heavy atom. The molecular formula is C25H23ClN4O4. The average Bonchev–Trinajstić information content (AvgIpc) is 2.79. The highest BCUT2D eigenvalue weighted by Gasteiger charge is 2.21. The van der Waals surface area contributed by atoms with Gasteiger partial charge in [0, 0.05) is 16.4 Å². The minimum Gasteiger partial charge on any atom is -0.495 e. The summed E-state index contributed by atoms with van der Waals surface area (Å²) in [6, 6.07) is 13.8. The number of benzene rings is 2. The molecule has 0 spiro atoms. The van der Waals surface area contributed by atoms with E-state index in [0.717, 1.165) is 4.57 Å². The van der Waals surface area contributed by atoms with Crippen LogP contribution in [-0.4, -0.2) is 27.1 Å². The second kappa shape index (κ2) is 9.15. The van der Waals surface area contributed by atoms with Crippen molar-refractivity contribution in [2.24, 2.45) is 0 Å². The summed E-state index contributed by atoms with van der Waals surface area (Å²) in [4.78, 5) is 44.4. The quantitative estimate of drug-likeness (QED) is 0.471. The highest BCUT2D eigenvalue weighted by Crippen LogP contribution is 2.25. The van der Waals surface area contributed by atoms with E-state index in [-0.39, 0.29) is 11.0 Å². The maximum absolute atomic E-state index is 13.6. The first-order valence-electron chi connectivity index (χ1n) is 10.5. The lowest BCUT2D eigenvalue weighted by Gasteiger charge is -2.17. The lowest BCUT2D eigenvalue weighted by Crippen LogP contribution is -2.42. The molecule has 4 aromatic rings. The number of carbonyl (C=O) groups is 1. The molecule has 8 nitrogen and oxygen atoms in total. The van der Waals surface area contributed by atoms with Crippen molar-refractivity contribution in [2.75, 3.05) is 12.4 Å². The maximum atomic E-state index is 13.6. The molecule has 0 saturated heterocycles. The third-order valence-corrected chi connectivity index (χ3v) is 6.00. The molecule has 0 saturated carbocycles. The number of anilines is 1. The molecule has 0 aliphatic heterocycles. The summed E-state index contributed by atoms with van der Waals surface area (Å²) in [5.41, 5.74) is 1.83. The average molecular weight is 479 g/mol. The summed E-state index contributed by atoms with van der Waals surface area (Å²) in [5, 5.41) is 3.49. The number of pyridine rings is 1. The highest BCUT2D eigenvalue weighted by atomic mass is 35.5. The summed E-state index contributed by atoms with van der Waals surface area (Å²) in [5.74, 6) is -0.107. The Bertz CT molecular complexity index is 1560. The Morgan fingerprint density at radius 3 is 2.56 bits per heavy atom. The van der Waals surface area contributed by atoms with Crippen LogP contribution < -0.4 is 21.3 Å². The molecule has 0 atom stereocenters. The van der Waals surface area contributed by atoms with Crippen LogP contribution in [0.15, 0.2) is 58.1 Å². The normalized spacial score (nSPS) is 11.0. The lowest BCUT2D eigenvalue weighted by atomic mass is 10.1. The van der Waals surface area contributed by atoms with Crippen molar-refractivity contribution in [2.45, 2.75) is 27.3 Å². The number of aryl methyl sites for hydroxylation is 2. The Balaban J connectivity index is 1.93. The fourth-order valence-electron chi connectivity index (χ4n) is 3.92. The van der Waals surface area contributed by atoms with Gasteiger partial charge in [0.15, 0.2) is 5.65 Å². The second-order valence-electron chi connectivity index (χ2n) is 7.92. The molecular weight excluding hydrogens is 456 g/mol. The largest absolute Gasteiger partial charge is 0.495 e. The predicted octanol–water partition coefficient (Wildman–Crippen LogP) is 3.77. The zero-order chi connectivity index (χ0) is 24.6. The van der Waals surface area contributed by atoms with E-state index >= 15 is 0 Å². The number of rotatable bonds is 5. The molecule has 1 amide bonds. The van der Waals surface area contributed by atoms with Gasteiger partial charge < -0.3 is 10.1 Å². The van der Waals surface area contributed by atoms with Crippen LogP contribution in [0.4, 0.5) is 5.69 Å². The summed E-state index contributed by atoms with van der Waals surface area (Å²) in [7, 11) is 1.49. The fourth-order valence-corrected chi connectivity index (χ4v) is 4.10. The van der Waals surface area contributed by atoms with Gasteiger partial charge in [-0.2, -0.15) is 0 Å². The molecule has 2 aromatic heterocycles. The molecule has 9 heteroatoms. The number of amides is 1. The molecule has 1 N–H and O–H groups in total. The summed E-state index contributed by atoms with van der Waals surface area (Å²) in [6.45, 7) is 4.85. The van der Waals surface area contributed by atoms with E-state index in [9.17, 15) is 14.4 Å². The van der Waals surface area contributed by atoms with E-state index in [4.69, 9.17) is 16.3 Å². The van der Waals surface area contributed by atoms with Crippen molar-refractivity contribution in [3.05, 3.63) is 91.2 Å². The number of aromatic nitrogens is 3. The van der Waals surface area contributed by atoms with E-state index in [0.29, 0.717) is 39.0 Å². The summed E-state index contributed by atoms with van der Waals surface area (Å²) < 4.78 is 7.68. The van der Waals surface area contributed by atoms with Crippen LogP contribution in [0.1, 0.15) is 16.8 Å². The van der Waals surface area contributed by atoms with Crippen LogP contribution in [0.25, 0.3) is 16.7 Å². The van der Waals surface area contributed by atoms with Crippen molar-refractivity contribution in [3.63, 3.8) is 0 Å². The van der Waals surface area contributed by atoms with Gasteiger partial charge in [0.25, 0.3) is 5.56 Å². The predicted molar refractivity (Wildman–Crippen MR) is 132 cm³/mol. The molecule has 0 bridgehead atoms.